The number of thiophene rings is 1. The molecule has 1 aromatic carbocycles. The number of carbonyl (C=O) groups is 2. The SMILES string of the molecule is CCOC(=O)c1c(NC(=O)COc2cccc(Cl)c2)sc2c1CCC(C(C)(C)C)C2. The lowest BCUT2D eigenvalue weighted by atomic mass is 9.72. The van der Waals surface area contributed by atoms with Gasteiger partial charge in [0, 0.05) is 9.90 Å². The number of nitrogens with one attached hydrogen (secondary N) is 1. The number of hydrogen-bond donors (Lipinski definition) is 1. The van der Waals surface area contributed by atoms with Gasteiger partial charge >= 0.3 is 5.97 Å². The van der Waals surface area contributed by atoms with E-state index in [2.05, 4.69) is 26.1 Å². The number of carbonyl (C=O) groups excluding carboxylic acids is 2. The number of anilines is 1. The second-order valence-corrected chi connectivity index (χ2v) is 10.1. The van der Waals surface area contributed by atoms with Gasteiger partial charge in [0.25, 0.3) is 5.91 Å². The Hall–Kier alpha value is -2.05. The monoisotopic (exact) mass is 449 g/mol. The lowest BCUT2D eigenvalue weighted by Gasteiger charge is -2.33. The second-order valence-electron chi connectivity index (χ2n) is 8.53. The predicted octanol–water partition coefficient (Wildman–Crippen LogP) is 5.75. The van der Waals surface area contributed by atoms with E-state index in [0.29, 0.717) is 33.9 Å². The average Bonchev–Trinajstić information content (AvgIpc) is 3.03. The van der Waals surface area contributed by atoms with Crippen molar-refractivity contribution in [1.82, 2.24) is 0 Å². The third-order valence-electron chi connectivity index (χ3n) is 5.39. The highest BCUT2D eigenvalue weighted by atomic mass is 35.5. The molecule has 0 spiro atoms. The highest BCUT2D eigenvalue weighted by Gasteiger charge is 2.34. The summed E-state index contributed by atoms with van der Waals surface area (Å²) in [6, 6.07) is 6.88. The van der Waals surface area contributed by atoms with Gasteiger partial charge in [0.2, 0.25) is 0 Å². The third kappa shape index (κ3) is 5.35. The minimum Gasteiger partial charge on any atom is -0.484 e. The van der Waals surface area contributed by atoms with Crippen molar-refractivity contribution in [2.24, 2.45) is 11.3 Å². The van der Waals surface area contributed by atoms with Crippen molar-refractivity contribution in [1.29, 1.82) is 0 Å². The van der Waals surface area contributed by atoms with E-state index >= 15 is 0 Å². The van der Waals surface area contributed by atoms with Gasteiger partial charge in [0.1, 0.15) is 10.8 Å². The van der Waals surface area contributed by atoms with E-state index in [0.717, 1.165) is 29.7 Å². The topological polar surface area (TPSA) is 64.6 Å². The van der Waals surface area contributed by atoms with Gasteiger partial charge in [-0.15, -0.1) is 11.3 Å². The molecule has 7 heteroatoms. The minimum absolute atomic E-state index is 0.171. The first-order valence-electron chi connectivity index (χ1n) is 10.2. The smallest absolute Gasteiger partial charge is 0.341 e. The molecule has 0 radical (unpaired) electrons. The average molecular weight is 450 g/mol. The van der Waals surface area contributed by atoms with Crippen molar-refractivity contribution in [3.8, 4) is 5.75 Å². The molecule has 1 unspecified atom stereocenters. The molecule has 1 N–H and O–H groups in total. The summed E-state index contributed by atoms with van der Waals surface area (Å²) in [6.07, 6.45) is 2.74. The van der Waals surface area contributed by atoms with Crippen molar-refractivity contribution < 1.29 is 19.1 Å². The molecule has 1 aliphatic rings. The van der Waals surface area contributed by atoms with Crippen LogP contribution in [0.25, 0.3) is 0 Å². The van der Waals surface area contributed by atoms with E-state index in [1.54, 1.807) is 31.2 Å². The van der Waals surface area contributed by atoms with Crippen LogP contribution in [0.2, 0.25) is 5.02 Å². The Labute approximate surface area is 186 Å². The van der Waals surface area contributed by atoms with E-state index < -0.39 is 0 Å². The van der Waals surface area contributed by atoms with Crippen LogP contribution < -0.4 is 10.1 Å². The van der Waals surface area contributed by atoms with E-state index in [1.165, 1.54) is 11.3 Å². The number of benzene rings is 1. The highest BCUT2D eigenvalue weighted by molar-refractivity contribution is 7.17. The zero-order valence-electron chi connectivity index (χ0n) is 17.8. The van der Waals surface area contributed by atoms with Crippen LogP contribution in [0.3, 0.4) is 0 Å². The molecule has 2 aromatic rings. The Morgan fingerprint density at radius 3 is 2.73 bits per heavy atom. The highest BCUT2D eigenvalue weighted by Crippen LogP contribution is 2.44. The van der Waals surface area contributed by atoms with Crippen molar-refractivity contribution in [3.05, 3.63) is 45.3 Å². The second kappa shape index (κ2) is 9.40. The molecule has 1 heterocycles. The Balaban J connectivity index is 1.78. The molecule has 1 atom stereocenters. The number of esters is 1. The zero-order valence-corrected chi connectivity index (χ0v) is 19.4. The van der Waals surface area contributed by atoms with E-state index in [9.17, 15) is 9.59 Å². The van der Waals surface area contributed by atoms with Gasteiger partial charge < -0.3 is 14.8 Å². The molecular formula is C23H28ClNO4S. The third-order valence-corrected chi connectivity index (χ3v) is 6.79. The molecule has 5 nitrogen and oxygen atoms in total. The quantitative estimate of drug-likeness (QED) is 0.570. The van der Waals surface area contributed by atoms with Crippen LogP contribution in [0.15, 0.2) is 24.3 Å². The molecule has 3 rings (SSSR count). The molecule has 0 fully saturated rings. The fraction of sp³-hybridized carbons (Fsp3) is 0.478. The van der Waals surface area contributed by atoms with Gasteiger partial charge in [-0.05, 0) is 61.3 Å². The van der Waals surface area contributed by atoms with Gasteiger partial charge in [0.15, 0.2) is 6.61 Å². The summed E-state index contributed by atoms with van der Waals surface area (Å²) in [4.78, 5) is 26.4. The summed E-state index contributed by atoms with van der Waals surface area (Å²) in [6.45, 7) is 8.65. The Morgan fingerprint density at radius 1 is 1.30 bits per heavy atom. The van der Waals surface area contributed by atoms with Gasteiger partial charge in [-0.2, -0.15) is 0 Å². The van der Waals surface area contributed by atoms with E-state index in [1.807, 2.05) is 0 Å². The maximum absolute atomic E-state index is 12.7. The van der Waals surface area contributed by atoms with Crippen molar-refractivity contribution in [2.75, 3.05) is 18.5 Å². The van der Waals surface area contributed by atoms with Crippen LogP contribution in [0.4, 0.5) is 5.00 Å². The maximum atomic E-state index is 12.7. The van der Waals surface area contributed by atoms with Crippen molar-refractivity contribution in [3.63, 3.8) is 0 Å². The van der Waals surface area contributed by atoms with Gasteiger partial charge in [0.05, 0.1) is 12.2 Å². The standard InChI is InChI=1S/C23H28ClNO4S/c1-5-28-22(27)20-17-10-9-14(23(2,3)4)11-18(17)30-21(20)25-19(26)13-29-16-8-6-7-15(24)12-16/h6-8,12,14H,5,9-11,13H2,1-4H3,(H,25,26). The lowest BCUT2D eigenvalue weighted by Crippen LogP contribution is -2.26. The van der Waals surface area contributed by atoms with E-state index in [4.69, 9.17) is 21.1 Å². The molecule has 1 aliphatic carbocycles. The Bertz CT molecular complexity index is 932. The number of rotatable bonds is 6. The van der Waals surface area contributed by atoms with Gasteiger partial charge in [-0.25, -0.2) is 4.79 Å². The maximum Gasteiger partial charge on any atom is 0.341 e. The summed E-state index contributed by atoms with van der Waals surface area (Å²) < 4.78 is 10.8. The summed E-state index contributed by atoms with van der Waals surface area (Å²) in [5.41, 5.74) is 1.71. The lowest BCUT2D eigenvalue weighted by molar-refractivity contribution is -0.118. The van der Waals surface area contributed by atoms with Crippen LogP contribution >= 0.6 is 22.9 Å². The van der Waals surface area contributed by atoms with Gasteiger partial charge in [-0.1, -0.05) is 38.4 Å². The molecule has 0 bridgehead atoms. The summed E-state index contributed by atoms with van der Waals surface area (Å²) in [5, 5.41) is 3.95. The van der Waals surface area contributed by atoms with Crippen molar-refractivity contribution >= 4 is 39.8 Å². The molecule has 1 amide bonds. The van der Waals surface area contributed by atoms with Gasteiger partial charge in [-0.3, -0.25) is 4.79 Å². The first-order valence-corrected chi connectivity index (χ1v) is 11.4. The summed E-state index contributed by atoms with van der Waals surface area (Å²) in [5.74, 6) is 0.344. The number of hydrogen-bond acceptors (Lipinski definition) is 5. The molecular weight excluding hydrogens is 422 g/mol. The number of amides is 1. The number of halogens is 1. The minimum atomic E-state index is -0.379. The molecule has 0 aliphatic heterocycles. The largest absolute Gasteiger partial charge is 0.484 e. The molecule has 1 aromatic heterocycles. The van der Waals surface area contributed by atoms with Crippen LogP contribution in [0.1, 0.15) is 54.9 Å². The Morgan fingerprint density at radius 2 is 2.07 bits per heavy atom. The van der Waals surface area contributed by atoms with Crippen LogP contribution in [-0.4, -0.2) is 25.1 Å². The fourth-order valence-corrected chi connectivity index (χ4v) is 5.21. The summed E-state index contributed by atoms with van der Waals surface area (Å²) >= 11 is 7.43. The Kier molecular flexibility index (Phi) is 7.09. The molecule has 0 saturated carbocycles. The first kappa shape index (κ1) is 22.6. The number of ether oxygens (including phenoxy) is 2. The number of fused-ring (bicyclic) bond motifs is 1. The van der Waals surface area contributed by atoms with Crippen molar-refractivity contribution in [2.45, 2.75) is 47.0 Å². The zero-order chi connectivity index (χ0) is 21.9. The summed E-state index contributed by atoms with van der Waals surface area (Å²) in [7, 11) is 0. The van der Waals surface area contributed by atoms with Crippen LogP contribution in [0.5, 0.6) is 5.75 Å². The fourth-order valence-electron chi connectivity index (χ4n) is 3.70. The molecule has 162 valence electrons. The molecule has 30 heavy (non-hydrogen) atoms. The predicted molar refractivity (Wildman–Crippen MR) is 121 cm³/mol. The normalized spacial score (nSPS) is 16.0. The van der Waals surface area contributed by atoms with Crippen LogP contribution in [0, 0.1) is 11.3 Å². The first-order chi connectivity index (χ1) is 14.2. The van der Waals surface area contributed by atoms with Crippen LogP contribution in [-0.2, 0) is 22.4 Å². The molecule has 0 saturated heterocycles. The van der Waals surface area contributed by atoms with E-state index in [-0.39, 0.29) is 23.9 Å².